The van der Waals surface area contributed by atoms with Gasteiger partial charge in [0.25, 0.3) is 0 Å². The van der Waals surface area contributed by atoms with Gasteiger partial charge in [0.2, 0.25) is 0 Å². The number of rotatable bonds is 8. The van der Waals surface area contributed by atoms with Gasteiger partial charge in [-0.2, -0.15) is 0 Å². The summed E-state index contributed by atoms with van der Waals surface area (Å²) in [6.45, 7) is 9.34. The molecule has 0 amide bonds. The van der Waals surface area contributed by atoms with Crippen LogP contribution >= 0.6 is 0 Å². The molecule has 0 saturated heterocycles. The van der Waals surface area contributed by atoms with E-state index in [0.717, 1.165) is 6.29 Å². The standard InChI is InChI=1S/C12H20O4/c1-9(2)12(14)16-6-5-15-11(4)7-10(3)8-13/h8,10-11H,1,5-7H2,2-4H3. The summed E-state index contributed by atoms with van der Waals surface area (Å²) in [5.41, 5.74) is 0.377. The SMILES string of the molecule is C=C(C)C(=O)OCCOC(C)CC(C)C=O. The topological polar surface area (TPSA) is 52.6 Å². The summed E-state index contributed by atoms with van der Waals surface area (Å²) in [5, 5.41) is 0. The van der Waals surface area contributed by atoms with E-state index in [9.17, 15) is 9.59 Å². The predicted molar refractivity (Wildman–Crippen MR) is 61.0 cm³/mol. The van der Waals surface area contributed by atoms with E-state index in [4.69, 9.17) is 9.47 Å². The van der Waals surface area contributed by atoms with Crippen molar-refractivity contribution in [1.29, 1.82) is 0 Å². The molecule has 0 heterocycles. The van der Waals surface area contributed by atoms with E-state index in [1.54, 1.807) is 6.92 Å². The Labute approximate surface area is 96.6 Å². The minimum atomic E-state index is -0.405. The molecule has 2 unspecified atom stereocenters. The van der Waals surface area contributed by atoms with Crippen molar-refractivity contribution < 1.29 is 19.1 Å². The first-order valence-corrected chi connectivity index (χ1v) is 5.37. The molecular weight excluding hydrogens is 208 g/mol. The average molecular weight is 228 g/mol. The van der Waals surface area contributed by atoms with E-state index in [1.807, 2.05) is 13.8 Å². The number of hydrogen-bond donors (Lipinski definition) is 0. The summed E-state index contributed by atoms with van der Waals surface area (Å²) in [4.78, 5) is 21.4. The number of carbonyl (C=O) groups excluding carboxylic acids is 2. The minimum Gasteiger partial charge on any atom is -0.460 e. The molecule has 0 N–H and O–H groups in total. The van der Waals surface area contributed by atoms with Gasteiger partial charge in [0.1, 0.15) is 12.9 Å². The summed E-state index contributed by atoms with van der Waals surface area (Å²) >= 11 is 0. The van der Waals surface area contributed by atoms with Crippen LogP contribution in [0.5, 0.6) is 0 Å². The van der Waals surface area contributed by atoms with Gasteiger partial charge in [0.05, 0.1) is 12.7 Å². The quantitative estimate of drug-likeness (QED) is 0.275. The molecule has 0 aliphatic heterocycles. The third kappa shape index (κ3) is 7.17. The second kappa shape index (κ2) is 8.05. The van der Waals surface area contributed by atoms with Crippen LogP contribution in [0.2, 0.25) is 0 Å². The highest BCUT2D eigenvalue weighted by Crippen LogP contribution is 2.06. The van der Waals surface area contributed by atoms with Crippen LogP contribution in [0.15, 0.2) is 12.2 Å². The van der Waals surface area contributed by atoms with Crippen molar-refractivity contribution in [1.82, 2.24) is 0 Å². The minimum absolute atomic E-state index is 0.00651. The molecule has 0 aromatic heterocycles. The van der Waals surface area contributed by atoms with Crippen molar-refractivity contribution >= 4 is 12.3 Å². The summed E-state index contributed by atoms with van der Waals surface area (Å²) in [7, 11) is 0. The lowest BCUT2D eigenvalue weighted by atomic mass is 10.1. The Morgan fingerprint density at radius 3 is 2.50 bits per heavy atom. The normalized spacial score (nSPS) is 13.9. The third-order valence-electron chi connectivity index (χ3n) is 2.00. The van der Waals surface area contributed by atoms with Gasteiger partial charge in [-0.05, 0) is 20.3 Å². The molecule has 0 aromatic rings. The zero-order valence-electron chi connectivity index (χ0n) is 10.2. The maximum atomic E-state index is 11.0. The highest BCUT2D eigenvalue weighted by Gasteiger charge is 2.08. The number of hydrogen-bond acceptors (Lipinski definition) is 4. The third-order valence-corrected chi connectivity index (χ3v) is 2.00. The fraction of sp³-hybridized carbons (Fsp3) is 0.667. The largest absolute Gasteiger partial charge is 0.460 e. The molecule has 0 fully saturated rings. The molecule has 92 valence electrons. The zero-order valence-corrected chi connectivity index (χ0v) is 10.2. The van der Waals surface area contributed by atoms with E-state index in [-0.39, 0.29) is 18.6 Å². The van der Waals surface area contributed by atoms with Crippen LogP contribution in [0.25, 0.3) is 0 Å². The second-order valence-corrected chi connectivity index (χ2v) is 3.95. The van der Waals surface area contributed by atoms with Crippen LogP contribution in [0.1, 0.15) is 27.2 Å². The molecule has 16 heavy (non-hydrogen) atoms. The highest BCUT2D eigenvalue weighted by molar-refractivity contribution is 5.86. The van der Waals surface area contributed by atoms with Gasteiger partial charge in [-0.25, -0.2) is 4.79 Å². The molecule has 0 bridgehead atoms. The van der Waals surface area contributed by atoms with Gasteiger partial charge in [-0.1, -0.05) is 13.5 Å². The first-order valence-electron chi connectivity index (χ1n) is 5.37. The Hall–Kier alpha value is -1.16. The van der Waals surface area contributed by atoms with Crippen molar-refractivity contribution in [2.45, 2.75) is 33.3 Å². The van der Waals surface area contributed by atoms with Crippen LogP contribution in [0, 0.1) is 5.92 Å². The Morgan fingerprint density at radius 2 is 2.00 bits per heavy atom. The highest BCUT2D eigenvalue weighted by atomic mass is 16.6. The fourth-order valence-corrected chi connectivity index (χ4v) is 1.15. The predicted octanol–water partition coefficient (Wildman–Crippen LogP) is 1.74. The molecular formula is C12H20O4. The van der Waals surface area contributed by atoms with Crippen molar-refractivity contribution in [3.05, 3.63) is 12.2 Å². The molecule has 0 spiro atoms. The molecule has 0 aliphatic carbocycles. The molecule has 2 atom stereocenters. The molecule has 0 aliphatic rings. The van der Waals surface area contributed by atoms with E-state index < -0.39 is 5.97 Å². The van der Waals surface area contributed by atoms with Crippen molar-refractivity contribution in [3.8, 4) is 0 Å². The van der Waals surface area contributed by atoms with Gasteiger partial charge < -0.3 is 14.3 Å². The number of carbonyl (C=O) groups is 2. The molecule has 0 aromatic carbocycles. The summed E-state index contributed by atoms with van der Waals surface area (Å²) in [6.07, 6.45) is 1.57. The monoisotopic (exact) mass is 228 g/mol. The van der Waals surface area contributed by atoms with E-state index in [0.29, 0.717) is 18.6 Å². The zero-order chi connectivity index (χ0) is 12.6. The molecule has 0 rings (SSSR count). The maximum absolute atomic E-state index is 11.0. The van der Waals surface area contributed by atoms with Gasteiger partial charge in [-0.15, -0.1) is 0 Å². The van der Waals surface area contributed by atoms with Crippen LogP contribution in [0.3, 0.4) is 0 Å². The van der Waals surface area contributed by atoms with Gasteiger partial charge >= 0.3 is 5.97 Å². The van der Waals surface area contributed by atoms with E-state index >= 15 is 0 Å². The average Bonchev–Trinajstić information content (AvgIpc) is 2.23. The van der Waals surface area contributed by atoms with Crippen molar-refractivity contribution in [3.63, 3.8) is 0 Å². The van der Waals surface area contributed by atoms with Crippen LogP contribution in [-0.4, -0.2) is 31.6 Å². The fourth-order valence-electron chi connectivity index (χ4n) is 1.15. The van der Waals surface area contributed by atoms with Crippen molar-refractivity contribution in [2.75, 3.05) is 13.2 Å². The number of aldehydes is 1. The molecule has 0 saturated carbocycles. The summed E-state index contributed by atoms with van der Waals surface area (Å²) in [5.74, 6) is -0.412. The maximum Gasteiger partial charge on any atom is 0.333 e. The van der Waals surface area contributed by atoms with Gasteiger partial charge in [0.15, 0.2) is 0 Å². The van der Waals surface area contributed by atoms with Crippen LogP contribution < -0.4 is 0 Å². The molecule has 4 heteroatoms. The molecule has 0 radical (unpaired) electrons. The van der Waals surface area contributed by atoms with Gasteiger partial charge in [-0.3, -0.25) is 0 Å². The van der Waals surface area contributed by atoms with E-state index in [1.165, 1.54) is 0 Å². The lowest BCUT2D eigenvalue weighted by Crippen LogP contribution is -2.18. The van der Waals surface area contributed by atoms with Crippen molar-refractivity contribution in [2.24, 2.45) is 5.92 Å². The van der Waals surface area contributed by atoms with Crippen LogP contribution in [-0.2, 0) is 19.1 Å². The Morgan fingerprint density at radius 1 is 1.38 bits per heavy atom. The summed E-state index contributed by atoms with van der Waals surface area (Å²) < 4.78 is 10.2. The lowest BCUT2D eigenvalue weighted by Gasteiger charge is -2.14. The Kier molecular flexibility index (Phi) is 7.46. The Bertz CT molecular complexity index is 247. The van der Waals surface area contributed by atoms with E-state index in [2.05, 4.69) is 6.58 Å². The second-order valence-electron chi connectivity index (χ2n) is 3.95. The Balaban J connectivity index is 3.55. The summed E-state index contributed by atoms with van der Waals surface area (Å²) in [6, 6.07) is 0. The first-order chi connectivity index (χ1) is 7.47. The lowest BCUT2D eigenvalue weighted by molar-refractivity contribution is -0.141. The van der Waals surface area contributed by atoms with Gasteiger partial charge in [0, 0.05) is 11.5 Å². The number of esters is 1. The smallest absolute Gasteiger partial charge is 0.333 e. The van der Waals surface area contributed by atoms with Crippen LogP contribution in [0.4, 0.5) is 0 Å². The molecule has 4 nitrogen and oxygen atoms in total. The number of ether oxygens (including phenoxy) is 2. The first kappa shape index (κ1) is 14.8.